The number of hydrogen-bond donors (Lipinski definition) is 0. The second kappa shape index (κ2) is 9.14. The molecule has 1 aromatic heterocycles. The van der Waals surface area contributed by atoms with Crippen LogP contribution in [0.2, 0.25) is 0 Å². The number of furan rings is 1. The van der Waals surface area contributed by atoms with Crippen molar-refractivity contribution in [3.63, 3.8) is 0 Å². The molecule has 1 aliphatic carbocycles. The third-order valence-electron chi connectivity index (χ3n) is 6.12. The minimum absolute atomic E-state index is 0.00645. The number of ketones is 1. The molecule has 6 heteroatoms. The number of aryl methyl sites for hydroxylation is 1. The highest BCUT2D eigenvalue weighted by atomic mass is 16.5. The number of fused-ring (bicyclic) bond motifs is 1. The molecular weight excluding hydrogens is 380 g/mol. The zero-order chi connectivity index (χ0) is 21.1. The number of rotatable bonds is 6. The number of nitrogens with zero attached hydrogens (tertiary/aromatic N) is 2. The Labute approximate surface area is 177 Å². The highest BCUT2D eigenvalue weighted by molar-refractivity contribution is 6.03. The van der Waals surface area contributed by atoms with Crippen LogP contribution in [0, 0.1) is 6.92 Å². The summed E-state index contributed by atoms with van der Waals surface area (Å²) in [6.45, 7) is 8.41. The van der Waals surface area contributed by atoms with Crippen molar-refractivity contribution in [3.8, 4) is 0 Å². The van der Waals surface area contributed by atoms with Gasteiger partial charge in [-0.25, -0.2) is 0 Å². The van der Waals surface area contributed by atoms with Gasteiger partial charge in [-0.1, -0.05) is 30.3 Å². The Bertz CT molecular complexity index is 899. The normalized spacial score (nSPS) is 18.1. The van der Waals surface area contributed by atoms with Crippen molar-refractivity contribution < 1.29 is 18.7 Å². The smallest absolute Gasteiger partial charge is 0.290 e. The Morgan fingerprint density at radius 3 is 2.60 bits per heavy atom. The number of carbonyl (C=O) groups excluding carboxylic acids is 2. The summed E-state index contributed by atoms with van der Waals surface area (Å²) in [5.41, 5.74) is 2.39. The van der Waals surface area contributed by atoms with E-state index in [-0.39, 0.29) is 17.7 Å². The highest BCUT2D eigenvalue weighted by Gasteiger charge is 2.33. The molecule has 2 aromatic rings. The molecule has 1 amide bonds. The second-order valence-electron chi connectivity index (χ2n) is 8.31. The number of amides is 1. The van der Waals surface area contributed by atoms with Crippen LogP contribution in [0.25, 0.3) is 0 Å². The van der Waals surface area contributed by atoms with Crippen LogP contribution in [-0.4, -0.2) is 60.4 Å². The lowest BCUT2D eigenvalue weighted by atomic mass is 9.94. The van der Waals surface area contributed by atoms with E-state index in [0.29, 0.717) is 35.6 Å². The summed E-state index contributed by atoms with van der Waals surface area (Å²) < 4.78 is 11.4. The standard InChI is InChI=1S/C24H30N2O4/c1-17(15-25-11-13-29-14-12-25)26(16-19-7-4-3-5-8-19)24(28)23-18(2)22-20(27)9-6-10-21(22)30-23/h3-5,7-8,17H,6,9-16H2,1-2H3. The molecular formula is C24H30N2O4. The van der Waals surface area contributed by atoms with Gasteiger partial charge in [0.2, 0.25) is 0 Å². The molecule has 0 spiro atoms. The molecule has 1 atom stereocenters. The molecule has 1 saturated heterocycles. The van der Waals surface area contributed by atoms with E-state index in [2.05, 4.69) is 11.8 Å². The average molecular weight is 411 g/mol. The van der Waals surface area contributed by atoms with Gasteiger partial charge in [-0.05, 0) is 25.8 Å². The Morgan fingerprint density at radius 1 is 1.17 bits per heavy atom. The molecule has 1 aliphatic heterocycles. The number of Topliss-reactive ketones (excluding diaryl/α,β-unsaturated/α-hetero) is 1. The maximum atomic E-state index is 13.7. The zero-order valence-corrected chi connectivity index (χ0v) is 17.9. The highest BCUT2D eigenvalue weighted by Crippen LogP contribution is 2.30. The van der Waals surface area contributed by atoms with Crippen molar-refractivity contribution in [1.82, 2.24) is 9.80 Å². The van der Waals surface area contributed by atoms with E-state index in [0.717, 1.165) is 51.3 Å². The van der Waals surface area contributed by atoms with Crippen molar-refractivity contribution in [2.75, 3.05) is 32.8 Å². The van der Waals surface area contributed by atoms with Crippen LogP contribution in [0.1, 0.15) is 57.6 Å². The molecule has 2 aliphatic rings. The van der Waals surface area contributed by atoms with Gasteiger partial charge in [0.1, 0.15) is 5.76 Å². The average Bonchev–Trinajstić information content (AvgIpc) is 3.10. The first kappa shape index (κ1) is 20.8. The summed E-state index contributed by atoms with van der Waals surface area (Å²) in [6, 6.07) is 10.0. The molecule has 6 nitrogen and oxygen atoms in total. The first-order valence-corrected chi connectivity index (χ1v) is 10.8. The van der Waals surface area contributed by atoms with Crippen LogP contribution in [0.15, 0.2) is 34.7 Å². The monoisotopic (exact) mass is 410 g/mol. The molecule has 1 unspecified atom stereocenters. The lowest BCUT2D eigenvalue weighted by Crippen LogP contribution is -2.48. The van der Waals surface area contributed by atoms with Crippen LogP contribution >= 0.6 is 0 Å². The van der Waals surface area contributed by atoms with E-state index in [9.17, 15) is 9.59 Å². The molecule has 4 rings (SSSR count). The zero-order valence-electron chi connectivity index (χ0n) is 17.9. The van der Waals surface area contributed by atoms with Gasteiger partial charge in [0, 0.05) is 50.6 Å². The largest absolute Gasteiger partial charge is 0.455 e. The van der Waals surface area contributed by atoms with Gasteiger partial charge in [-0.2, -0.15) is 0 Å². The molecule has 0 saturated carbocycles. The Kier molecular flexibility index (Phi) is 6.35. The third kappa shape index (κ3) is 4.35. The minimum atomic E-state index is -0.140. The molecule has 1 aromatic carbocycles. The number of morpholine rings is 1. The van der Waals surface area contributed by atoms with Gasteiger partial charge in [0.25, 0.3) is 5.91 Å². The van der Waals surface area contributed by atoms with Crippen molar-refractivity contribution in [1.29, 1.82) is 0 Å². The second-order valence-corrected chi connectivity index (χ2v) is 8.31. The van der Waals surface area contributed by atoms with Gasteiger partial charge in [0.15, 0.2) is 11.5 Å². The van der Waals surface area contributed by atoms with E-state index < -0.39 is 0 Å². The lowest BCUT2D eigenvalue weighted by Gasteiger charge is -2.35. The Hall–Kier alpha value is -2.44. The summed E-state index contributed by atoms with van der Waals surface area (Å²) in [5.74, 6) is 0.944. The lowest BCUT2D eigenvalue weighted by molar-refractivity contribution is 0.0221. The fourth-order valence-corrected chi connectivity index (χ4v) is 4.45. The summed E-state index contributed by atoms with van der Waals surface area (Å²) in [7, 11) is 0. The van der Waals surface area contributed by atoms with Gasteiger partial charge < -0.3 is 14.1 Å². The molecule has 0 bridgehead atoms. The predicted molar refractivity (Wildman–Crippen MR) is 114 cm³/mol. The van der Waals surface area contributed by atoms with Crippen LogP contribution in [0.3, 0.4) is 0 Å². The van der Waals surface area contributed by atoms with Gasteiger partial charge >= 0.3 is 0 Å². The summed E-state index contributed by atoms with van der Waals surface area (Å²) in [5, 5.41) is 0. The van der Waals surface area contributed by atoms with Crippen LogP contribution < -0.4 is 0 Å². The molecule has 1 fully saturated rings. The van der Waals surface area contributed by atoms with Crippen molar-refractivity contribution in [3.05, 3.63) is 58.5 Å². The van der Waals surface area contributed by atoms with Gasteiger partial charge in [-0.3, -0.25) is 14.5 Å². The number of hydrogen-bond acceptors (Lipinski definition) is 5. The van der Waals surface area contributed by atoms with E-state index in [1.807, 2.05) is 42.2 Å². The SMILES string of the molecule is Cc1c(C(=O)N(Cc2ccccc2)C(C)CN2CCOCC2)oc2c1C(=O)CCC2. The Balaban J connectivity index is 1.61. The number of benzene rings is 1. The molecule has 2 heterocycles. The summed E-state index contributed by atoms with van der Waals surface area (Å²) >= 11 is 0. The van der Waals surface area contributed by atoms with Crippen LogP contribution in [-0.2, 0) is 17.7 Å². The summed E-state index contributed by atoms with van der Waals surface area (Å²) in [4.78, 5) is 30.3. The topological polar surface area (TPSA) is 63.0 Å². The predicted octanol–water partition coefficient (Wildman–Crippen LogP) is 3.47. The fourth-order valence-electron chi connectivity index (χ4n) is 4.45. The fraction of sp³-hybridized carbons (Fsp3) is 0.500. The Morgan fingerprint density at radius 2 is 1.90 bits per heavy atom. The molecule has 0 N–H and O–H groups in total. The quantitative estimate of drug-likeness (QED) is 0.730. The van der Waals surface area contributed by atoms with E-state index in [1.165, 1.54) is 0 Å². The van der Waals surface area contributed by atoms with Crippen LogP contribution in [0.4, 0.5) is 0 Å². The molecule has 30 heavy (non-hydrogen) atoms. The van der Waals surface area contributed by atoms with E-state index >= 15 is 0 Å². The van der Waals surface area contributed by atoms with E-state index in [4.69, 9.17) is 9.15 Å². The minimum Gasteiger partial charge on any atom is -0.455 e. The van der Waals surface area contributed by atoms with Crippen molar-refractivity contribution in [2.24, 2.45) is 0 Å². The number of ether oxygens (including phenoxy) is 1. The third-order valence-corrected chi connectivity index (χ3v) is 6.12. The van der Waals surface area contributed by atoms with E-state index in [1.54, 1.807) is 0 Å². The van der Waals surface area contributed by atoms with Gasteiger partial charge in [-0.15, -0.1) is 0 Å². The summed E-state index contributed by atoms with van der Waals surface area (Å²) in [6.07, 6.45) is 2.03. The maximum Gasteiger partial charge on any atom is 0.290 e. The van der Waals surface area contributed by atoms with Crippen molar-refractivity contribution in [2.45, 2.75) is 45.7 Å². The van der Waals surface area contributed by atoms with Gasteiger partial charge in [0.05, 0.1) is 18.8 Å². The maximum absolute atomic E-state index is 13.7. The van der Waals surface area contributed by atoms with Crippen molar-refractivity contribution >= 4 is 11.7 Å². The molecule has 160 valence electrons. The first-order chi connectivity index (χ1) is 14.5. The van der Waals surface area contributed by atoms with Crippen LogP contribution in [0.5, 0.6) is 0 Å². The number of carbonyl (C=O) groups is 2. The first-order valence-electron chi connectivity index (χ1n) is 10.8. The molecule has 0 radical (unpaired) electrons.